The number of hydrogen-bond acceptors (Lipinski definition) is 6. The van der Waals surface area contributed by atoms with Crippen LogP contribution in [-0.4, -0.2) is 43.6 Å². The van der Waals surface area contributed by atoms with Crippen molar-refractivity contribution in [2.45, 2.75) is 25.2 Å². The molecule has 0 aromatic carbocycles. The van der Waals surface area contributed by atoms with Gasteiger partial charge in [0.1, 0.15) is 17.2 Å². The van der Waals surface area contributed by atoms with Crippen LogP contribution in [0.25, 0.3) is 10.6 Å². The number of nitrogens with zero attached hydrogens (tertiary/aromatic N) is 5. The minimum Gasteiger partial charge on any atom is -0.342 e. The minimum atomic E-state index is 0.147. The van der Waals surface area contributed by atoms with Crippen LogP contribution in [0.2, 0.25) is 0 Å². The monoisotopic (exact) mass is 373 g/mol. The molecule has 1 fully saturated rings. The van der Waals surface area contributed by atoms with E-state index in [1.54, 1.807) is 29.0 Å². The Labute approximate surface area is 154 Å². The Hall–Kier alpha value is -2.06. The van der Waals surface area contributed by atoms with Crippen LogP contribution in [0.15, 0.2) is 28.5 Å². The highest BCUT2D eigenvalue weighted by Crippen LogP contribution is 2.27. The smallest absolute Gasteiger partial charge is 0.228 e. The summed E-state index contributed by atoms with van der Waals surface area (Å²) in [7, 11) is 1.96. The maximum Gasteiger partial charge on any atom is 0.228 e. The molecule has 0 bridgehead atoms. The molecule has 1 aliphatic rings. The second-order valence-corrected chi connectivity index (χ2v) is 7.95. The maximum atomic E-state index is 12.7. The van der Waals surface area contributed by atoms with Gasteiger partial charge >= 0.3 is 0 Å². The lowest BCUT2D eigenvalue weighted by Crippen LogP contribution is -2.40. The average molecular weight is 374 g/mol. The number of piperidine rings is 1. The summed E-state index contributed by atoms with van der Waals surface area (Å²) in [5, 5.41) is 15.3. The van der Waals surface area contributed by atoms with Gasteiger partial charge in [-0.05, 0) is 24.3 Å². The van der Waals surface area contributed by atoms with Gasteiger partial charge in [-0.25, -0.2) is 4.98 Å². The third-order valence-electron chi connectivity index (χ3n) is 4.54. The van der Waals surface area contributed by atoms with Crippen LogP contribution in [-0.2, 0) is 18.3 Å². The number of amides is 1. The second kappa shape index (κ2) is 7.05. The largest absolute Gasteiger partial charge is 0.342 e. The SMILES string of the molecule is Cn1cnnc1[C@@H]1CCCN(C(=O)Cc2csc(-c3ccsc3)n2)C1. The van der Waals surface area contributed by atoms with Crippen LogP contribution < -0.4 is 0 Å². The quantitative estimate of drug-likeness (QED) is 0.705. The van der Waals surface area contributed by atoms with E-state index >= 15 is 0 Å². The first-order valence-corrected chi connectivity index (χ1v) is 10.1. The highest BCUT2D eigenvalue weighted by atomic mass is 32.1. The number of hydrogen-bond donors (Lipinski definition) is 0. The zero-order valence-corrected chi connectivity index (χ0v) is 15.6. The Morgan fingerprint density at radius 2 is 2.32 bits per heavy atom. The van der Waals surface area contributed by atoms with Crippen LogP contribution in [0.5, 0.6) is 0 Å². The number of aryl methyl sites for hydroxylation is 1. The van der Waals surface area contributed by atoms with Gasteiger partial charge in [0, 0.05) is 42.4 Å². The van der Waals surface area contributed by atoms with Crippen LogP contribution in [0.1, 0.15) is 30.3 Å². The first-order valence-electron chi connectivity index (χ1n) is 8.29. The van der Waals surface area contributed by atoms with Gasteiger partial charge in [0.25, 0.3) is 0 Å². The van der Waals surface area contributed by atoms with E-state index in [9.17, 15) is 4.79 Å². The van der Waals surface area contributed by atoms with Gasteiger partial charge in [0.15, 0.2) is 0 Å². The van der Waals surface area contributed by atoms with E-state index in [1.807, 2.05) is 27.3 Å². The summed E-state index contributed by atoms with van der Waals surface area (Å²) in [6, 6.07) is 2.06. The zero-order valence-electron chi connectivity index (χ0n) is 14.0. The van der Waals surface area contributed by atoms with Gasteiger partial charge in [-0.2, -0.15) is 11.3 Å². The normalized spacial score (nSPS) is 17.8. The van der Waals surface area contributed by atoms with E-state index in [0.29, 0.717) is 13.0 Å². The minimum absolute atomic E-state index is 0.147. The molecule has 8 heteroatoms. The van der Waals surface area contributed by atoms with Crippen molar-refractivity contribution < 1.29 is 4.79 Å². The molecule has 130 valence electrons. The summed E-state index contributed by atoms with van der Waals surface area (Å²) < 4.78 is 1.95. The van der Waals surface area contributed by atoms with Crippen molar-refractivity contribution in [2.75, 3.05) is 13.1 Å². The molecule has 25 heavy (non-hydrogen) atoms. The summed E-state index contributed by atoms with van der Waals surface area (Å²) in [6.07, 6.45) is 4.14. The Balaban J connectivity index is 1.42. The molecule has 4 heterocycles. The molecule has 3 aromatic heterocycles. The lowest BCUT2D eigenvalue weighted by molar-refractivity contribution is -0.131. The zero-order chi connectivity index (χ0) is 17.2. The number of aromatic nitrogens is 4. The Morgan fingerprint density at radius 3 is 3.08 bits per heavy atom. The summed E-state index contributed by atoms with van der Waals surface area (Å²) in [5.41, 5.74) is 1.99. The standard InChI is InChI=1S/C17H19N5OS2/c1-21-11-18-20-16(21)12-3-2-5-22(8-12)15(23)7-14-10-25-17(19-14)13-4-6-24-9-13/h4,6,9-12H,2-3,5,7-8H2,1H3/t12-/m1/s1. The van der Waals surface area contributed by atoms with E-state index in [-0.39, 0.29) is 11.8 Å². The first-order chi connectivity index (χ1) is 12.2. The third-order valence-corrected chi connectivity index (χ3v) is 6.16. The molecular weight excluding hydrogens is 354 g/mol. The molecule has 0 aliphatic carbocycles. The van der Waals surface area contributed by atoms with Crippen molar-refractivity contribution in [2.24, 2.45) is 7.05 Å². The maximum absolute atomic E-state index is 12.7. The van der Waals surface area contributed by atoms with Gasteiger partial charge in [-0.15, -0.1) is 21.5 Å². The first kappa shape index (κ1) is 16.4. The van der Waals surface area contributed by atoms with Crippen LogP contribution in [0.4, 0.5) is 0 Å². The van der Waals surface area contributed by atoms with Crippen molar-refractivity contribution in [1.29, 1.82) is 0 Å². The predicted molar refractivity (Wildman–Crippen MR) is 98.7 cm³/mol. The molecule has 4 rings (SSSR count). The molecule has 0 spiro atoms. The van der Waals surface area contributed by atoms with E-state index < -0.39 is 0 Å². The van der Waals surface area contributed by atoms with E-state index in [0.717, 1.165) is 41.5 Å². The average Bonchev–Trinajstić information content (AvgIpc) is 3.36. The van der Waals surface area contributed by atoms with Gasteiger partial charge in [-0.3, -0.25) is 4.79 Å². The molecule has 1 aliphatic heterocycles. The van der Waals surface area contributed by atoms with Crippen molar-refractivity contribution in [1.82, 2.24) is 24.6 Å². The van der Waals surface area contributed by atoms with Crippen LogP contribution in [0, 0.1) is 0 Å². The van der Waals surface area contributed by atoms with Gasteiger partial charge in [-0.1, -0.05) is 0 Å². The summed E-state index contributed by atoms with van der Waals surface area (Å²) in [4.78, 5) is 19.3. The fraction of sp³-hybridized carbons (Fsp3) is 0.412. The highest BCUT2D eigenvalue weighted by Gasteiger charge is 2.27. The summed E-state index contributed by atoms with van der Waals surface area (Å²) in [6.45, 7) is 1.53. The third kappa shape index (κ3) is 3.50. The molecule has 0 saturated carbocycles. The van der Waals surface area contributed by atoms with Crippen LogP contribution >= 0.6 is 22.7 Å². The van der Waals surface area contributed by atoms with Gasteiger partial charge in [0.2, 0.25) is 5.91 Å². The molecular formula is C17H19N5OS2. The Bertz CT molecular complexity index is 854. The van der Waals surface area contributed by atoms with Crippen molar-refractivity contribution in [3.63, 3.8) is 0 Å². The van der Waals surface area contributed by atoms with Gasteiger partial charge in [0.05, 0.1) is 12.1 Å². The topological polar surface area (TPSA) is 63.9 Å². The molecule has 0 unspecified atom stereocenters. The molecule has 3 aromatic rings. The summed E-state index contributed by atoms with van der Waals surface area (Å²) >= 11 is 3.26. The fourth-order valence-electron chi connectivity index (χ4n) is 3.25. The lowest BCUT2D eigenvalue weighted by atomic mass is 9.97. The Kier molecular flexibility index (Phi) is 4.63. The summed E-state index contributed by atoms with van der Waals surface area (Å²) in [5.74, 6) is 1.38. The van der Waals surface area contributed by atoms with E-state index in [1.165, 1.54) is 0 Å². The van der Waals surface area contributed by atoms with Crippen molar-refractivity contribution >= 4 is 28.6 Å². The Morgan fingerprint density at radius 1 is 1.40 bits per heavy atom. The number of carbonyl (C=O) groups is 1. The lowest BCUT2D eigenvalue weighted by Gasteiger charge is -2.32. The van der Waals surface area contributed by atoms with Crippen molar-refractivity contribution in [3.8, 4) is 10.6 Å². The highest BCUT2D eigenvalue weighted by molar-refractivity contribution is 7.14. The van der Waals surface area contributed by atoms with Crippen LogP contribution in [0.3, 0.4) is 0 Å². The molecule has 1 saturated heterocycles. The van der Waals surface area contributed by atoms with E-state index in [4.69, 9.17) is 0 Å². The molecule has 0 radical (unpaired) electrons. The molecule has 1 amide bonds. The van der Waals surface area contributed by atoms with Gasteiger partial charge < -0.3 is 9.47 Å². The molecule has 1 atom stereocenters. The second-order valence-electron chi connectivity index (χ2n) is 6.31. The number of thiophene rings is 1. The number of thiazole rings is 1. The fourth-order valence-corrected chi connectivity index (χ4v) is 4.78. The molecule has 0 N–H and O–H groups in total. The predicted octanol–water partition coefficient (Wildman–Crippen LogP) is 2.95. The number of rotatable bonds is 4. The van der Waals surface area contributed by atoms with Crippen molar-refractivity contribution in [3.05, 3.63) is 40.1 Å². The van der Waals surface area contributed by atoms with E-state index in [2.05, 4.69) is 26.6 Å². The molecule has 6 nitrogen and oxygen atoms in total. The number of likely N-dealkylation sites (tertiary alicyclic amines) is 1. The number of carbonyl (C=O) groups excluding carboxylic acids is 1.